The number of nitrogens with zero attached hydrogens (tertiary/aromatic N) is 1. The third kappa shape index (κ3) is 3.76. The summed E-state index contributed by atoms with van der Waals surface area (Å²) in [4.78, 5) is 24.7. The Balaban J connectivity index is 1.96. The Morgan fingerprint density at radius 3 is 2.59 bits per heavy atom. The van der Waals surface area contributed by atoms with Gasteiger partial charge < -0.3 is 20.1 Å². The van der Waals surface area contributed by atoms with Crippen LogP contribution in [0.3, 0.4) is 0 Å². The molecule has 0 bridgehead atoms. The van der Waals surface area contributed by atoms with Crippen molar-refractivity contribution in [1.82, 2.24) is 10.2 Å². The van der Waals surface area contributed by atoms with Crippen LogP contribution in [0.25, 0.3) is 0 Å². The van der Waals surface area contributed by atoms with E-state index in [9.17, 15) is 9.59 Å². The van der Waals surface area contributed by atoms with Crippen LogP contribution in [-0.4, -0.2) is 54.2 Å². The van der Waals surface area contributed by atoms with E-state index in [1.807, 2.05) is 18.9 Å². The molecular weight excluding hydrogens is 284 g/mol. The average Bonchev–Trinajstić information content (AvgIpc) is 2.96. The van der Waals surface area contributed by atoms with Gasteiger partial charge in [-0.15, -0.1) is 0 Å². The zero-order chi connectivity index (χ0) is 16.1. The maximum Gasteiger partial charge on any atom is 0.335 e. The van der Waals surface area contributed by atoms with Crippen molar-refractivity contribution in [2.75, 3.05) is 20.2 Å². The first-order valence-electron chi connectivity index (χ1n) is 7.48. The second-order valence-corrected chi connectivity index (χ2v) is 5.42. The van der Waals surface area contributed by atoms with Gasteiger partial charge in [-0.3, -0.25) is 4.79 Å². The topological polar surface area (TPSA) is 78.9 Å². The van der Waals surface area contributed by atoms with Crippen LogP contribution in [0.1, 0.15) is 30.1 Å². The van der Waals surface area contributed by atoms with Crippen molar-refractivity contribution >= 4 is 11.9 Å². The summed E-state index contributed by atoms with van der Waals surface area (Å²) in [6, 6.07) is 6.64. The van der Waals surface area contributed by atoms with Crippen molar-refractivity contribution in [2.24, 2.45) is 0 Å². The number of carbonyl (C=O) groups is 2. The van der Waals surface area contributed by atoms with Gasteiger partial charge in [0.15, 0.2) is 0 Å². The molecule has 22 heavy (non-hydrogen) atoms. The lowest BCUT2D eigenvalue weighted by atomic mass is 10.2. The molecule has 1 saturated heterocycles. The molecular formula is C16H22N2O4. The van der Waals surface area contributed by atoms with E-state index in [0.717, 1.165) is 6.42 Å². The quantitative estimate of drug-likeness (QED) is 0.830. The summed E-state index contributed by atoms with van der Waals surface area (Å²) in [7, 11) is 1.90. The molecule has 1 aliphatic heterocycles. The SMILES string of the molecule is CCC(=O)N1CC(NC)C[C@H]1COc1ccc(C(=O)O)cc1. The molecule has 120 valence electrons. The Kier molecular flexibility index (Phi) is 5.38. The number of hydrogen-bond donors (Lipinski definition) is 2. The van der Waals surface area contributed by atoms with Crippen molar-refractivity contribution in [2.45, 2.75) is 31.8 Å². The van der Waals surface area contributed by atoms with Gasteiger partial charge in [-0.1, -0.05) is 6.92 Å². The summed E-state index contributed by atoms with van der Waals surface area (Å²) in [6.45, 7) is 2.98. The lowest BCUT2D eigenvalue weighted by molar-refractivity contribution is -0.132. The molecule has 0 spiro atoms. The van der Waals surface area contributed by atoms with E-state index in [1.54, 1.807) is 12.1 Å². The monoisotopic (exact) mass is 306 g/mol. The minimum atomic E-state index is -0.959. The normalized spacial score (nSPS) is 20.9. The van der Waals surface area contributed by atoms with E-state index in [4.69, 9.17) is 9.84 Å². The smallest absolute Gasteiger partial charge is 0.335 e. The van der Waals surface area contributed by atoms with Crippen LogP contribution < -0.4 is 10.1 Å². The van der Waals surface area contributed by atoms with Crippen LogP contribution in [0.15, 0.2) is 24.3 Å². The molecule has 2 rings (SSSR count). The van der Waals surface area contributed by atoms with Crippen molar-refractivity contribution in [1.29, 1.82) is 0 Å². The molecule has 0 aromatic heterocycles. The minimum Gasteiger partial charge on any atom is -0.491 e. The fourth-order valence-corrected chi connectivity index (χ4v) is 2.68. The summed E-state index contributed by atoms with van der Waals surface area (Å²) in [5.74, 6) is -0.215. The number of likely N-dealkylation sites (N-methyl/N-ethyl adjacent to an activating group) is 1. The summed E-state index contributed by atoms with van der Waals surface area (Å²) in [6.07, 6.45) is 1.34. The van der Waals surface area contributed by atoms with Gasteiger partial charge in [0.2, 0.25) is 5.91 Å². The van der Waals surface area contributed by atoms with Crippen LogP contribution in [-0.2, 0) is 4.79 Å². The first-order valence-corrected chi connectivity index (χ1v) is 7.48. The van der Waals surface area contributed by atoms with Crippen LogP contribution >= 0.6 is 0 Å². The number of nitrogens with one attached hydrogen (secondary N) is 1. The number of carboxylic acids is 1. The van der Waals surface area contributed by atoms with E-state index >= 15 is 0 Å². The standard InChI is InChI=1S/C16H22N2O4/c1-3-15(19)18-9-12(17-2)8-13(18)10-22-14-6-4-11(5-7-14)16(20)21/h4-7,12-13,17H,3,8-10H2,1-2H3,(H,20,21)/t12?,13-/m0/s1. The van der Waals surface area contributed by atoms with E-state index in [-0.39, 0.29) is 17.5 Å². The van der Waals surface area contributed by atoms with Gasteiger partial charge in [0.25, 0.3) is 0 Å². The van der Waals surface area contributed by atoms with E-state index in [1.165, 1.54) is 12.1 Å². The van der Waals surface area contributed by atoms with Crippen LogP contribution in [0.2, 0.25) is 0 Å². The van der Waals surface area contributed by atoms with Gasteiger partial charge in [0, 0.05) is 19.0 Å². The highest BCUT2D eigenvalue weighted by Gasteiger charge is 2.34. The first kappa shape index (κ1) is 16.3. The third-order valence-electron chi connectivity index (χ3n) is 3.99. The maximum atomic E-state index is 12.0. The molecule has 1 fully saturated rings. The van der Waals surface area contributed by atoms with Crippen LogP contribution in [0.5, 0.6) is 5.75 Å². The number of benzene rings is 1. The summed E-state index contributed by atoms with van der Waals surface area (Å²) in [5, 5.41) is 12.1. The number of hydrogen-bond acceptors (Lipinski definition) is 4. The summed E-state index contributed by atoms with van der Waals surface area (Å²) < 4.78 is 5.73. The molecule has 0 saturated carbocycles. The van der Waals surface area contributed by atoms with Crippen molar-refractivity contribution in [3.63, 3.8) is 0 Å². The number of rotatable bonds is 6. The Morgan fingerprint density at radius 1 is 1.36 bits per heavy atom. The number of likely N-dealkylation sites (tertiary alicyclic amines) is 1. The zero-order valence-corrected chi connectivity index (χ0v) is 12.9. The van der Waals surface area contributed by atoms with Gasteiger partial charge in [0.05, 0.1) is 11.6 Å². The molecule has 1 aromatic carbocycles. The third-order valence-corrected chi connectivity index (χ3v) is 3.99. The average molecular weight is 306 g/mol. The Labute approximate surface area is 130 Å². The molecule has 1 unspecified atom stereocenters. The molecule has 2 N–H and O–H groups in total. The van der Waals surface area contributed by atoms with E-state index in [2.05, 4.69) is 5.32 Å². The number of carbonyl (C=O) groups excluding carboxylic acids is 1. The molecule has 0 radical (unpaired) electrons. The fraction of sp³-hybridized carbons (Fsp3) is 0.500. The molecule has 0 aliphatic carbocycles. The van der Waals surface area contributed by atoms with Crippen molar-refractivity contribution in [3.8, 4) is 5.75 Å². The van der Waals surface area contributed by atoms with Gasteiger partial charge in [-0.25, -0.2) is 4.79 Å². The minimum absolute atomic E-state index is 0.0454. The highest BCUT2D eigenvalue weighted by molar-refractivity contribution is 5.87. The lowest BCUT2D eigenvalue weighted by Crippen LogP contribution is -2.39. The van der Waals surface area contributed by atoms with Gasteiger partial charge in [0.1, 0.15) is 12.4 Å². The van der Waals surface area contributed by atoms with Crippen LogP contribution in [0, 0.1) is 0 Å². The molecule has 6 nitrogen and oxygen atoms in total. The second kappa shape index (κ2) is 7.26. The van der Waals surface area contributed by atoms with Crippen molar-refractivity contribution < 1.29 is 19.4 Å². The first-order chi connectivity index (χ1) is 10.5. The maximum absolute atomic E-state index is 12.0. The Hall–Kier alpha value is -2.08. The highest BCUT2D eigenvalue weighted by atomic mass is 16.5. The molecule has 2 atom stereocenters. The summed E-state index contributed by atoms with van der Waals surface area (Å²) >= 11 is 0. The van der Waals surface area contributed by atoms with E-state index < -0.39 is 5.97 Å². The van der Waals surface area contributed by atoms with Crippen LogP contribution in [0.4, 0.5) is 0 Å². The van der Waals surface area contributed by atoms with Gasteiger partial charge >= 0.3 is 5.97 Å². The summed E-state index contributed by atoms with van der Waals surface area (Å²) in [5.41, 5.74) is 0.228. The number of aromatic carboxylic acids is 1. The number of carboxylic acid groups (broad SMARTS) is 1. The largest absolute Gasteiger partial charge is 0.491 e. The lowest BCUT2D eigenvalue weighted by Gasteiger charge is -2.24. The van der Waals surface area contributed by atoms with Gasteiger partial charge in [-0.2, -0.15) is 0 Å². The molecule has 1 aliphatic rings. The highest BCUT2D eigenvalue weighted by Crippen LogP contribution is 2.21. The predicted molar refractivity (Wildman–Crippen MR) is 82.2 cm³/mol. The number of ether oxygens (including phenoxy) is 1. The molecule has 1 aromatic rings. The Bertz CT molecular complexity index is 529. The van der Waals surface area contributed by atoms with Gasteiger partial charge in [-0.05, 0) is 37.7 Å². The molecule has 1 amide bonds. The molecule has 6 heteroatoms. The van der Waals surface area contributed by atoms with Crippen molar-refractivity contribution in [3.05, 3.63) is 29.8 Å². The van der Waals surface area contributed by atoms with E-state index in [0.29, 0.717) is 31.4 Å². The zero-order valence-electron chi connectivity index (χ0n) is 12.9. The number of amides is 1. The second-order valence-electron chi connectivity index (χ2n) is 5.42. The molecule has 1 heterocycles. The predicted octanol–water partition coefficient (Wildman–Crippen LogP) is 1.36. The Morgan fingerprint density at radius 2 is 2.05 bits per heavy atom. The fourth-order valence-electron chi connectivity index (χ4n) is 2.68.